The Morgan fingerprint density at radius 1 is 1.07 bits per heavy atom. The molecule has 2 saturated heterocycles. The fourth-order valence-corrected chi connectivity index (χ4v) is 5.46. The highest BCUT2D eigenvalue weighted by molar-refractivity contribution is 5.87. The van der Waals surface area contributed by atoms with Gasteiger partial charge in [0.1, 0.15) is 5.82 Å². The van der Waals surface area contributed by atoms with E-state index in [0.29, 0.717) is 45.2 Å². The molecule has 6 rings (SSSR count). The molecule has 41 heavy (non-hydrogen) atoms. The van der Waals surface area contributed by atoms with E-state index in [4.69, 9.17) is 14.7 Å². The summed E-state index contributed by atoms with van der Waals surface area (Å²) < 4.78 is 11.8. The molecule has 3 aromatic rings. The van der Waals surface area contributed by atoms with Crippen molar-refractivity contribution < 1.29 is 14.3 Å². The van der Waals surface area contributed by atoms with Crippen LogP contribution in [-0.4, -0.2) is 79.1 Å². The first-order valence-corrected chi connectivity index (χ1v) is 14.2. The van der Waals surface area contributed by atoms with E-state index in [1.807, 2.05) is 0 Å². The van der Waals surface area contributed by atoms with Gasteiger partial charge in [-0.05, 0) is 55.4 Å². The lowest BCUT2D eigenvalue weighted by Crippen LogP contribution is -2.49. The fraction of sp³-hybridized carbons (Fsp3) is 0.438. The van der Waals surface area contributed by atoms with Crippen LogP contribution in [0.25, 0.3) is 10.8 Å². The number of piperazine rings is 1. The van der Waals surface area contributed by atoms with E-state index in [1.54, 1.807) is 18.1 Å². The molecule has 3 aliphatic heterocycles. The first kappa shape index (κ1) is 30.0. The summed E-state index contributed by atoms with van der Waals surface area (Å²) in [5.41, 5.74) is 3.14. The van der Waals surface area contributed by atoms with Gasteiger partial charge in [0, 0.05) is 45.1 Å². The molecule has 1 atom stereocenters. The number of rotatable bonds is 4. The molecule has 9 heteroatoms. The Labute approximate surface area is 243 Å². The van der Waals surface area contributed by atoms with E-state index in [0.717, 1.165) is 17.1 Å². The SMILES string of the molecule is C=CC(=O)N1CCN(c2nc(OC)nc3c2COC(c2cccc4ccccc24)C3)CC1.CC#N.CN1CCCC1. The molecule has 0 bridgehead atoms. The summed E-state index contributed by atoms with van der Waals surface area (Å²) in [6.07, 6.45) is 4.77. The highest BCUT2D eigenvalue weighted by atomic mass is 16.5. The molecule has 216 valence electrons. The zero-order valence-electron chi connectivity index (χ0n) is 24.4. The van der Waals surface area contributed by atoms with Gasteiger partial charge in [0.25, 0.3) is 0 Å². The number of aromatic nitrogens is 2. The summed E-state index contributed by atoms with van der Waals surface area (Å²) in [6.45, 7) is 10.7. The van der Waals surface area contributed by atoms with Crippen molar-refractivity contribution in [3.63, 3.8) is 0 Å². The minimum atomic E-state index is -0.0804. The molecule has 0 spiro atoms. The molecule has 1 unspecified atom stereocenters. The van der Waals surface area contributed by atoms with Gasteiger partial charge < -0.3 is 24.2 Å². The van der Waals surface area contributed by atoms with Gasteiger partial charge in [-0.1, -0.05) is 49.0 Å². The van der Waals surface area contributed by atoms with E-state index in [2.05, 4.69) is 75.9 Å². The number of amides is 1. The van der Waals surface area contributed by atoms with Gasteiger partial charge in [0.15, 0.2) is 0 Å². The van der Waals surface area contributed by atoms with Gasteiger partial charge in [0.2, 0.25) is 5.91 Å². The van der Waals surface area contributed by atoms with E-state index >= 15 is 0 Å². The maximum absolute atomic E-state index is 11.9. The van der Waals surface area contributed by atoms with E-state index in [9.17, 15) is 4.79 Å². The molecular weight excluding hydrogens is 516 g/mol. The average Bonchev–Trinajstić information content (AvgIpc) is 3.51. The number of hydrogen-bond donors (Lipinski definition) is 0. The second kappa shape index (κ2) is 14.6. The van der Waals surface area contributed by atoms with Crippen molar-refractivity contribution in [3.05, 3.63) is 71.9 Å². The minimum Gasteiger partial charge on any atom is -0.467 e. The zero-order valence-corrected chi connectivity index (χ0v) is 24.4. The Morgan fingerprint density at radius 2 is 1.76 bits per heavy atom. The lowest BCUT2D eigenvalue weighted by Gasteiger charge is -2.37. The number of benzene rings is 2. The topological polar surface area (TPSA) is 94.8 Å². The molecule has 2 aromatic carbocycles. The predicted molar refractivity (Wildman–Crippen MR) is 161 cm³/mol. The van der Waals surface area contributed by atoms with Crippen LogP contribution in [0.2, 0.25) is 0 Å². The number of methoxy groups -OCH3 is 1. The number of fused-ring (bicyclic) bond motifs is 2. The summed E-state index contributed by atoms with van der Waals surface area (Å²) in [7, 11) is 3.76. The number of ether oxygens (including phenoxy) is 2. The van der Waals surface area contributed by atoms with Crippen LogP contribution in [0.3, 0.4) is 0 Å². The number of likely N-dealkylation sites (tertiary alicyclic amines) is 1. The Hall–Kier alpha value is -4.00. The average molecular weight is 557 g/mol. The van der Waals surface area contributed by atoms with Crippen LogP contribution in [0.5, 0.6) is 6.01 Å². The van der Waals surface area contributed by atoms with Crippen molar-refractivity contribution in [1.82, 2.24) is 19.8 Å². The molecule has 1 amide bonds. The number of carbonyl (C=O) groups excluding carboxylic acids is 1. The summed E-state index contributed by atoms with van der Waals surface area (Å²) in [5.74, 6) is 0.808. The fourth-order valence-electron chi connectivity index (χ4n) is 5.46. The lowest BCUT2D eigenvalue weighted by molar-refractivity contribution is -0.126. The van der Waals surface area contributed by atoms with E-state index in [-0.39, 0.29) is 12.0 Å². The first-order chi connectivity index (χ1) is 20.0. The maximum atomic E-state index is 11.9. The molecule has 0 N–H and O–H groups in total. The van der Waals surface area contributed by atoms with Crippen LogP contribution in [0.15, 0.2) is 55.1 Å². The van der Waals surface area contributed by atoms with Crippen LogP contribution in [0.4, 0.5) is 5.82 Å². The highest BCUT2D eigenvalue weighted by Crippen LogP contribution is 2.37. The van der Waals surface area contributed by atoms with Crippen molar-refractivity contribution in [2.45, 2.75) is 38.9 Å². The maximum Gasteiger partial charge on any atom is 0.318 e. The number of nitrogens with zero attached hydrogens (tertiary/aromatic N) is 6. The van der Waals surface area contributed by atoms with Crippen molar-refractivity contribution in [3.8, 4) is 12.1 Å². The molecule has 2 fully saturated rings. The molecule has 1 aromatic heterocycles. The quantitative estimate of drug-likeness (QED) is 0.433. The van der Waals surface area contributed by atoms with Crippen molar-refractivity contribution in [2.75, 3.05) is 58.3 Å². The van der Waals surface area contributed by atoms with Gasteiger partial charge in [-0.25, -0.2) is 0 Å². The standard InChI is InChI=1S/C25H26N4O3.C5H11N.C2H3N/c1-3-23(30)28-11-13-29(14-12-28)24-20-16-32-22(15-21(20)26-25(27-24)31-2)19-10-6-8-17-7-4-5-9-18(17)19;1-6-4-2-3-5-6;1-2-3/h3-10,22H,1,11-16H2,2H3;2-5H2,1H3;1H3. The smallest absolute Gasteiger partial charge is 0.318 e. The molecular formula is C32H40N6O3. The minimum absolute atomic E-state index is 0.0341. The Bertz CT molecular complexity index is 1370. The van der Waals surface area contributed by atoms with Crippen molar-refractivity contribution in [2.24, 2.45) is 0 Å². The normalized spacial score (nSPS) is 18.2. The summed E-state index contributed by atoms with van der Waals surface area (Å²) >= 11 is 0. The van der Waals surface area contributed by atoms with Gasteiger partial charge in [-0.2, -0.15) is 15.2 Å². The van der Waals surface area contributed by atoms with Crippen molar-refractivity contribution >= 4 is 22.5 Å². The second-order valence-electron chi connectivity index (χ2n) is 10.3. The molecule has 0 radical (unpaired) electrons. The van der Waals surface area contributed by atoms with E-state index < -0.39 is 0 Å². The third kappa shape index (κ3) is 7.40. The zero-order chi connectivity index (χ0) is 29.2. The number of anilines is 1. The second-order valence-corrected chi connectivity index (χ2v) is 10.3. The Balaban J connectivity index is 0.000000372. The van der Waals surface area contributed by atoms with E-state index in [1.165, 1.54) is 55.3 Å². The lowest BCUT2D eigenvalue weighted by atomic mass is 9.94. The first-order valence-electron chi connectivity index (χ1n) is 14.2. The van der Waals surface area contributed by atoms with Crippen molar-refractivity contribution in [1.29, 1.82) is 5.26 Å². The largest absolute Gasteiger partial charge is 0.467 e. The monoisotopic (exact) mass is 556 g/mol. The van der Waals surface area contributed by atoms with Gasteiger partial charge in [-0.15, -0.1) is 0 Å². The third-order valence-electron chi connectivity index (χ3n) is 7.61. The number of carbonyl (C=O) groups is 1. The molecule has 4 heterocycles. The third-order valence-corrected chi connectivity index (χ3v) is 7.61. The highest BCUT2D eigenvalue weighted by Gasteiger charge is 2.30. The van der Waals surface area contributed by atoms with Crippen LogP contribution < -0.4 is 9.64 Å². The molecule has 0 aliphatic carbocycles. The van der Waals surface area contributed by atoms with Gasteiger partial charge in [-0.3, -0.25) is 4.79 Å². The van der Waals surface area contributed by atoms with Crippen LogP contribution in [-0.2, 0) is 22.6 Å². The van der Waals surface area contributed by atoms with Crippen LogP contribution in [0, 0.1) is 11.3 Å². The molecule has 0 saturated carbocycles. The summed E-state index contributed by atoms with van der Waals surface area (Å²) in [6, 6.07) is 16.8. The van der Waals surface area contributed by atoms with Crippen LogP contribution in [0.1, 0.15) is 42.7 Å². The Kier molecular flexibility index (Phi) is 10.7. The summed E-state index contributed by atoms with van der Waals surface area (Å²) in [5, 5.41) is 9.72. The number of nitriles is 1. The predicted octanol–water partition coefficient (Wildman–Crippen LogP) is 4.53. The van der Waals surface area contributed by atoms with Gasteiger partial charge >= 0.3 is 6.01 Å². The molecule has 9 nitrogen and oxygen atoms in total. The van der Waals surface area contributed by atoms with Crippen LogP contribution >= 0.6 is 0 Å². The Morgan fingerprint density at radius 3 is 2.39 bits per heavy atom. The number of hydrogen-bond acceptors (Lipinski definition) is 8. The van der Waals surface area contributed by atoms with Gasteiger partial charge in [0.05, 0.1) is 31.6 Å². The molecule has 3 aliphatic rings. The summed E-state index contributed by atoms with van der Waals surface area (Å²) in [4.78, 5) is 27.6.